The van der Waals surface area contributed by atoms with Crippen LogP contribution in [0.15, 0.2) is 18.2 Å². The third-order valence-corrected chi connectivity index (χ3v) is 2.04. The van der Waals surface area contributed by atoms with Crippen molar-refractivity contribution in [2.24, 2.45) is 0 Å². The molecule has 0 radical (unpaired) electrons. The van der Waals surface area contributed by atoms with Crippen LogP contribution in [0.1, 0.15) is 11.1 Å². The maximum atomic E-state index is 11.8. The van der Waals surface area contributed by atoms with Crippen LogP contribution in [0.2, 0.25) is 5.02 Å². The molecule has 0 saturated heterocycles. The van der Waals surface area contributed by atoms with Crippen molar-refractivity contribution < 1.29 is 13.5 Å². The summed E-state index contributed by atoms with van der Waals surface area (Å²) >= 11 is 5.80. The summed E-state index contributed by atoms with van der Waals surface area (Å²) in [5, 5.41) is 8.91. The highest BCUT2D eigenvalue weighted by atomic mass is 35.5. The Hall–Kier alpha value is -1.18. The van der Waals surface area contributed by atoms with E-state index in [1.807, 2.05) is 6.07 Å². The molecule has 5 heteroatoms. The van der Waals surface area contributed by atoms with E-state index in [9.17, 15) is 8.78 Å². The molecule has 0 aromatic heterocycles. The standard InChI is InChI=1S/C10H8ClF2NO/c11-9-3-7(4-14)1-2-8(9)5-15-6-10(12)13/h1-3,10H,5-6H2. The molecule has 0 bridgehead atoms. The van der Waals surface area contributed by atoms with Gasteiger partial charge in [-0.15, -0.1) is 0 Å². The van der Waals surface area contributed by atoms with Gasteiger partial charge in [0, 0.05) is 5.02 Å². The van der Waals surface area contributed by atoms with E-state index in [1.165, 1.54) is 6.07 Å². The number of rotatable bonds is 4. The molecule has 0 spiro atoms. The summed E-state index contributed by atoms with van der Waals surface area (Å²) < 4.78 is 28.2. The fraction of sp³-hybridized carbons (Fsp3) is 0.300. The average Bonchev–Trinajstić information content (AvgIpc) is 2.20. The van der Waals surface area contributed by atoms with Gasteiger partial charge in [0.15, 0.2) is 0 Å². The van der Waals surface area contributed by atoms with E-state index in [0.29, 0.717) is 16.1 Å². The van der Waals surface area contributed by atoms with Crippen molar-refractivity contribution in [2.45, 2.75) is 13.0 Å². The lowest BCUT2D eigenvalue weighted by molar-refractivity contribution is 0.00990. The van der Waals surface area contributed by atoms with Gasteiger partial charge < -0.3 is 4.74 Å². The topological polar surface area (TPSA) is 33.0 Å². The molecule has 0 unspecified atom stereocenters. The number of hydrogen-bond donors (Lipinski definition) is 0. The molecular weight excluding hydrogens is 224 g/mol. The van der Waals surface area contributed by atoms with Gasteiger partial charge in [-0.3, -0.25) is 0 Å². The average molecular weight is 232 g/mol. The molecule has 1 rings (SSSR count). The highest BCUT2D eigenvalue weighted by Gasteiger charge is 2.05. The van der Waals surface area contributed by atoms with Gasteiger partial charge in [-0.2, -0.15) is 5.26 Å². The van der Waals surface area contributed by atoms with E-state index in [-0.39, 0.29) is 6.61 Å². The van der Waals surface area contributed by atoms with Crippen molar-refractivity contribution >= 4 is 11.6 Å². The van der Waals surface area contributed by atoms with Crippen LogP contribution in [0.4, 0.5) is 8.78 Å². The molecule has 0 heterocycles. The van der Waals surface area contributed by atoms with Crippen molar-refractivity contribution in [2.75, 3.05) is 6.61 Å². The van der Waals surface area contributed by atoms with Crippen molar-refractivity contribution in [1.29, 1.82) is 5.26 Å². The first-order chi connectivity index (χ1) is 7.13. The van der Waals surface area contributed by atoms with E-state index in [2.05, 4.69) is 0 Å². The van der Waals surface area contributed by atoms with Gasteiger partial charge >= 0.3 is 0 Å². The largest absolute Gasteiger partial charge is 0.371 e. The van der Waals surface area contributed by atoms with Crippen LogP contribution in [0.5, 0.6) is 0 Å². The van der Waals surface area contributed by atoms with Gasteiger partial charge in [0.2, 0.25) is 0 Å². The second-order valence-corrected chi connectivity index (χ2v) is 3.23. The number of nitriles is 1. The van der Waals surface area contributed by atoms with E-state index in [4.69, 9.17) is 21.6 Å². The molecule has 0 aliphatic rings. The van der Waals surface area contributed by atoms with Gasteiger partial charge in [0.1, 0.15) is 6.61 Å². The Bertz CT molecular complexity index is 376. The number of hydrogen-bond acceptors (Lipinski definition) is 2. The predicted octanol–water partition coefficient (Wildman–Crippen LogP) is 2.99. The summed E-state index contributed by atoms with van der Waals surface area (Å²) in [5.41, 5.74) is 1.02. The van der Waals surface area contributed by atoms with Crippen LogP contribution in [-0.2, 0) is 11.3 Å². The Morgan fingerprint density at radius 1 is 1.47 bits per heavy atom. The fourth-order valence-electron chi connectivity index (χ4n) is 0.992. The summed E-state index contributed by atoms with van der Waals surface area (Å²) in [5.74, 6) is 0. The highest BCUT2D eigenvalue weighted by Crippen LogP contribution is 2.18. The zero-order valence-electron chi connectivity index (χ0n) is 7.71. The van der Waals surface area contributed by atoms with Crippen LogP contribution >= 0.6 is 11.6 Å². The highest BCUT2D eigenvalue weighted by molar-refractivity contribution is 6.31. The number of alkyl halides is 2. The second kappa shape index (κ2) is 5.64. The maximum absolute atomic E-state index is 11.8. The Morgan fingerprint density at radius 2 is 2.20 bits per heavy atom. The molecule has 0 amide bonds. The lowest BCUT2D eigenvalue weighted by Crippen LogP contribution is -2.04. The molecule has 0 aliphatic heterocycles. The lowest BCUT2D eigenvalue weighted by Gasteiger charge is -2.05. The fourth-order valence-corrected chi connectivity index (χ4v) is 1.23. The van der Waals surface area contributed by atoms with Gasteiger partial charge in [0.05, 0.1) is 18.2 Å². The van der Waals surface area contributed by atoms with Crippen molar-refractivity contribution in [3.63, 3.8) is 0 Å². The van der Waals surface area contributed by atoms with Gasteiger partial charge in [-0.05, 0) is 17.7 Å². The van der Waals surface area contributed by atoms with E-state index >= 15 is 0 Å². The molecule has 80 valence electrons. The molecular formula is C10H8ClF2NO. The molecule has 0 atom stereocenters. The molecule has 0 N–H and O–H groups in total. The Morgan fingerprint density at radius 3 is 2.73 bits per heavy atom. The molecule has 1 aromatic carbocycles. The molecule has 1 aromatic rings. The first-order valence-corrected chi connectivity index (χ1v) is 4.55. The number of halogens is 3. The molecule has 15 heavy (non-hydrogen) atoms. The molecule has 0 saturated carbocycles. The monoisotopic (exact) mass is 231 g/mol. The maximum Gasteiger partial charge on any atom is 0.261 e. The second-order valence-electron chi connectivity index (χ2n) is 2.82. The molecule has 0 aliphatic carbocycles. The summed E-state index contributed by atoms with van der Waals surface area (Å²) in [6.45, 7) is -0.592. The van der Waals surface area contributed by atoms with Gasteiger partial charge in [-0.1, -0.05) is 17.7 Å². The Labute approximate surface area is 91.0 Å². The predicted molar refractivity (Wildman–Crippen MR) is 51.8 cm³/mol. The minimum absolute atomic E-state index is 0.0227. The first kappa shape index (κ1) is 11.9. The smallest absolute Gasteiger partial charge is 0.261 e. The van der Waals surface area contributed by atoms with Crippen molar-refractivity contribution in [3.05, 3.63) is 34.3 Å². The van der Waals surface area contributed by atoms with Crippen LogP contribution in [0, 0.1) is 11.3 Å². The Kier molecular flexibility index (Phi) is 4.47. The van der Waals surface area contributed by atoms with Gasteiger partial charge in [-0.25, -0.2) is 8.78 Å². The quantitative estimate of drug-likeness (QED) is 0.798. The summed E-state index contributed by atoms with van der Waals surface area (Å²) in [6, 6.07) is 6.55. The van der Waals surface area contributed by atoms with Crippen molar-refractivity contribution in [3.8, 4) is 6.07 Å². The van der Waals surface area contributed by atoms with Gasteiger partial charge in [0.25, 0.3) is 6.43 Å². The Balaban J connectivity index is 2.59. The minimum Gasteiger partial charge on any atom is -0.371 e. The van der Waals surface area contributed by atoms with Crippen LogP contribution in [-0.4, -0.2) is 13.0 Å². The van der Waals surface area contributed by atoms with E-state index < -0.39 is 13.0 Å². The molecule has 0 fully saturated rings. The van der Waals surface area contributed by atoms with Crippen LogP contribution in [0.25, 0.3) is 0 Å². The van der Waals surface area contributed by atoms with Crippen molar-refractivity contribution in [1.82, 2.24) is 0 Å². The number of benzene rings is 1. The number of ether oxygens (including phenoxy) is 1. The summed E-state index contributed by atoms with van der Waals surface area (Å²) in [7, 11) is 0. The summed E-state index contributed by atoms with van der Waals surface area (Å²) in [6.07, 6.45) is -2.48. The lowest BCUT2D eigenvalue weighted by atomic mass is 10.1. The normalized spacial score (nSPS) is 10.3. The SMILES string of the molecule is N#Cc1ccc(COCC(F)F)c(Cl)c1. The third-order valence-electron chi connectivity index (χ3n) is 1.68. The van der Waals surface area contributed by atoms with E-state index in [1.54, 1.807) is 12.1 Å². The zero-order chi connectivity index (χ0) is 11.3. The van der Waals surface area contributed by atoms with Crippen LogP contribution in [0.3, 0.4) is 0 Å². The summed E-state index contributed by atoms with van der Waals surface area (Å²) in [4.78, 5) is 0. The molecule has 2 nitrogen and oxygen atoms in total. The minimum atomic E-state index is -2.48. The van der Waals surface area contributed by atoms with Crippen LogP contribution < -0.4 is 0 Å². The number of nitrogens with zero attached hydrogens (tertiary/aromatic N) is 1. The zero-order valence-corrected chi connectivity index (χ0v) is 8.47. The first-order valence-electron chi connectivity index (χ1n) is 4.18. The third kappa shape index (κ3) is 3.82. The van der Waals surface area contributed by atoms with E-state index in [0.717, 1.165) is 0 Å².